The summed E-state index contributed by atoms with van der Waals surface area (Å²) in [6, 6.07) is 14.3. The van der Waals surface area contributed by atoms with Crippen LogP contribution in [0.2, 0.25) is 0 Å². The molecule has 2 aromatic rings. The number of aromatic nitrogens is 1. The van der Waals surface area contributed by atoms with Crippen molar-refractivity contribution < 1.29 is 4.74 Å². The maximum atomic E-state index is 5.88. The number of nitrogens with zero attached hydrogens (tertiary/aromatic N) is 1. The fraction of sp³-hybridized carbons (Fsp3) is 0.389. The molecular weight excluding hydrogens is 260 g/mol. The van der Waals surface area contributed by atoms with E-state index in [0.29, 0.717) is 12.5 Å². The minimum atomic E-state index is 0.00854. The number of nitrogens with one attached hydrogen (secondary N) is 1. The Morgan fingerprint density at radius 1 is 1.05 bits per heavy atom. The SMILES string of the molecule is CNCc1cc(OCc2ccccc2)nc(C(C)(C)C)c1. The third kappa shape index (κ3) is 4.57. The largest absolute Gasteiger partial charge is 0.473 e. The molecule has 0 fully saturated rings. The summed E-state index contributed by atoms with van der Waals surface area (Å²) >= 11 is 0. The van der Waals surface area contributed by atoms with Gasteiger partial charge in [-0.25, -0.2) is 4.98 Å². The number of hydrogen-bond donors (Lipinski definition) is 1. The Bertz CT molecular complexity index is 574. The second kappa shape index (κ2) is 6.72. The highest BCUT2D eigenvalue weighted by Gasteiger charge is 2.17. The highest BCUT2D eigenvalue weighted by molar-refractivity contribution is 5.29. The van der Waals surface area contributed by atoms with Gasteiger partial charge in [0.25, 0.3) is 0 Å². The zero-order valence-corrected chi connectivity index (χ0v) is 13.3. The van der Waals surface area contributed by atoms with E-state index in [-0.39, 0.29) is 5.41 Å². The lowest BCUT2D eigenvalue weighted by Gasteiger charge is -2.20. The van der Waals surface area contributed by atoms with Crippen LogP contribution >= 0.6 is 0 Å². The average molecular weight is 284 g/mol. The zero-order chi connectivity index (χ0) is 15.3. The van der Waals surface area contributed by atoms with E-state index in [1.54, 1.807) is 0 Å². The fourth-order valence-corrected chi connectivity index (χ4v) is 2.05. The molecule has 1 aromatic heterocycles. The maximum Gasteiger partial charge on any atom is 0.214 e. The smallest absolute Gasteiger partial charge is 0.214 e. The molecule has 1 aromatic carbocycles. The quantitative estimate of drug-likeness (QED) is 0.909. The van der Waals surface area contributed by atoms with E-state index in [0.717, 1.165) is 17.8 Å². The lowest BCUT2D eigenvalue weighted by Crippen LogP contribution is -2.16. The molecule has 0 spiro atoms. The standard InChI is InChI=1S/C18H24N2O/c1-18(2,3)16-10-15(12-19-4)11-17(20-16)21-13-14-8-6-5-7-9-14/h5-11,19H,12-13H2,1-4H3. The van der Waals surface area contributed by atoms with Crippen LogP contribution in [0.3, 0.4) is 0 Å². The Hall–Kier alpha value is -1.87. The Balaban J connectivity index is 2.19. The second-order valence-electron chi connectivity index (χ2n) is 6.25. The topological polar surface area (TPSA) is 34.1 Å². The van der Waals surface area contributed by atoms with Gasteiger partial charge in [0.2, 0.25) is 5.88 Å². The van der Waals surface area contributed by atoms with Crippen LogP contribution in [0.15, 0.2) is 42.5 Å². The van der Waals surface area contributed by atoms with Gasteiger partial charge in [-0.1, -0.05) is 51.1 Å². The van der Waals surface area contributed by atoms with Crippen LogP contribution in [0.4, 0.5) is 0 Å². The van der Waals surface area contributed by atoms with Crippen molar-refractivity contribution in [3.63, 3.8) is 0 Å². The van der Waals surface area contributed by atoms with Gasteiger partial charge in [-0.2, -0.15) is 0 Å². The summed E-state index contributed by atoms with van der Waals surface area (Å²) < 4.78 is 5.88. The van der Waals surface area contributed by atoms with Gasteiger partial charge < -0.3 is 10.1 Å². The molecule has 0 unspecified atom stereocenters. The molecule has 21 heavy (non-hydrogen) atoms. The average Bonchev–Trinajstić information content (AvgIpc) is 2.45. The molecule has 3 heteroatoms. The van der Waals surface area contributed by atoms with E-state index in [2.05, 4.69) is 49.3 Å². The van der Waals surface area contributed by atoms with E-state index < -0.39 is 0 Å². The first-order valence-electron chi connectivity index (χ1n) is 7.32. The van der Waals surface area contributed by atoms with Crippen molar-refractivity contribution in [1.29, 1.82) is 0 Å². The van der Waals surface area contributed by atoms with E-state index >= 15 is 0 Å². The number of rotatable bonds is 5. The van der Waals surface area contributed by atoms with Crippen molar-refractivity contribution in [2.45, 2.75) is 39.3 Å². The molecule has 1 N–H and O–H groups in total. The minimum Gasteiger partial charge on any atom is -0.473 e. The van der Waals surface area contributed by atoms with Gasteiger partial charge in [0, 0.05) is 18.0 Å². The van der Waals surface area contributed by atoms with Crippen LogP contribution < -0.4 is 10.1 Å². The Kier molecular flexibility index (Phi) is 4.97. The lowest BCUT2D eigenvalue weighted by atomic mass is 9.91. The van der Waals surface area contributed by atoms with Crippen molar-refractivity contribution in [1.82, 2.24) is 10.3 Å². The first kappa shape index (κ1) is 15.5. The zero-order valence-electron chi connectivity index (χ0n) is 13.3. The summed E-state index contributed by atoms with van der Waals surface area (Å²) in [4.78, 5) is 4.65. The number of ether oxygens (including phenoxy) is 1. The van der Waals surface area contributed by atoms with Crippen LogP contribution in [0, 0.1) is 0 Å². The van der Waals surface area contributed by atoms with Gasteiger partial charge in [-0.15, -0.1) is 0 Å². The summed E-state index contributed by atoms with van der Waals surface area (Å²) in [7, 11) is 1.95. The van der Waals surface area contributed by atoms with Crippen molar-refractivity contribution in [3.8, 4) is 5.88 Å². The number of hydrogen-bond acceptors (Lipinski definition) is 3. The van der Waals surface area contributed by atoms with Gasteiger partial charge in [0.15, 0.2) is 0 Å². The summed E-state index contributed by atoms with van der Waals surface area (Å²) in [5.41, 5.74) is 3.41. The third-order valence-electron chi connectivity index (χ3n) is 3.24. The second-order valence-corrected chi connectivity index (χ2v) is 6.25. The molecule has 0 aliphatic carbocycles. The van der Waals surface area contributed by atoms with Crippen molar-refractivity contribution >= 4 is 0 Å². The molecule has 0 aliphatic heterocycles. The van der Waals surface area contributed by atoms with Crippen molar-refractivity contribution in [2.75, 3.05) is 7.05 Å². The van der Waals surface area contributed by atoms with Crippen LogP contribution in [0.1, 0.15) is 37.6 Å². The van der Waals surface area contributed by atoms with Crippen LogP contribution in [0.25, 0.3) is 0 Å². The molecule has 1 heterocycles. The van der Waals surface area contributed by atoms with Crippen LogP contribution in [-0.2, 0) is 18.6 Å². The summed E-state index contributed by atoms with van der Waals surface area (Å²) in [5.74, 6) is 0.691. The highest BCUT2D eigenvalue weighted by atomic mass is 16.5. The van der Waals surface area contributed by atoms with E-state index in [1.165, 1.54) is 5.56 Å². The molecule has 0 aliphatic rings. The maximum absolute atomic E-state index is 5.88. The van der Waals surface area contributed by atoms with E-state index in [9.17, 15) is 0 Å². The molecule has 0 saturated carbocycles. The summed E-state index contributed by atoms with van der Waals surface area (Å²) in [6.07, 6.45) is 0. The fourth-order valence-electron chi connectivity index (χ4n) is 2.05. The molecule has 2 rings (SSSR count). The summed E-state index contributed by atoms with van der Waals surface area (Å²) in [6.45, 7) is 7.85. The Labute approximate surface area is 127 Å². The number of benzene rings is 1. The van der Waals surface area contributed by atoms with Gasteiger partial charge in [0.05, 0.1) is 5.69 Å². The van der Waals surface area contributed by atoms with Crippen LogP contribution in [-0.4, -0.2) is 12.0 Å². The molecule has 0 amide bonds. The first-order valence-corrected chi connectivity index (χ1v) is 7.32. The lowest BCUT2D eigenvalue weighted by molar-refractivity contribution is 0.291. The number of pyridine rings is 1. The third-order valence-corrected chi connectivity index (χ3v) is 3.24. The van der Waals surface area contributed by atoms with Gasteiger partial charge in [-0.3, -0.25) is 0 Å². The van der Waals surface area contributed by atoms with E-state index in [4.69, 9.17) is 4.74 Å². The van der Waals surface area contributed by atoms with E-state index in [1.807, 2.05) is 31.3 Å². The molecule has 0 atom stereocenters. The van der Waals surface area contributed by atoms with Gasteiger partial charge in [-0.05, 0) is 24.2 Å². The van der Waals surface area contributed by atoms with Gasteiger partial charge in [0.1, 0.15) is 6.61 Å². The molecule has 0 bridgehead atoms. The summed E-state index contributed by atoms with van der Waals surface area (Å²) in [5, 5.41) is 3.18. The normalized spacial score (nSPS) is 11.4. The molecule has 0 radical (unpaired) electrons. The van der Waals surface area contributed by atoms with Crippen LogP contribution in [0.5, 0.6) is 5.88 Å². The first-order chi connectivity index (χ1) is 9.99. The predicted molar refractivity (Wildman–Crippen MR) is 86.5 cm³/mol. The molecule has 3 nitrogen and oxygen atoms in total. The minimum absolute atomic E-state index is 0.00854. The van der Waals surface area contributed by atoms with Crippen molar-refractivity contribution in [3.05, 3.63) is 59.3 Å². The molecule has 112 valence electrons. The molecular formula is C18H24N2O. The Morgan fingerprint density at radius 3 is 2.38 bits per heavy atom. The van der Waals surface area contributed by atoms with Gasteiger partial charge >= 0.3 is 0 Å². The monoisotopic (exact) mass is 284 g/mol. The highest BCUT2D eigenvalue weighted by Crippen LogP contribution is 2.24. The molecule has 0 saturated heterocycles. The Morgan fingerprint density at radius 2 is 1.76 bits per heavy atom. The van der Waals surface area contributed by atoms with Crippen molar-refractivity contribution in [2.24, 2.45) is 0 Å². The predicted octanol–water partition coefficient (Wildman–Crippen LogP) is 3.68.